The average Bonchev–Trinajstić information content (AvgIpc) is 3.10. The van der Waals surface area contributed by atoms with Crippen LogP contribution in [0.25, 0.3) is 0 Å². The summed E-state index contributed by atoms with van der Waals surface area (Å²) in [6, 6.07) is 8.18. The van der Waals surface area contributed by atoms with Crippen LogP contribution in [0.2, 0.25) is 0 Å². The topological polar surface area (TPSA) is 83.5 Å². The third-order valence-corrected chi connectivity index (χ3v) is 6.69. The molecule has 1 aromatic carbocycles. The Morgan fingerprint density at radius 1 is 1.03 bits per heavy atom. The molecular formula is C18H17F3N4O3S. The highest BCUT2D eigenvalue weighted by molar-refractivity contribution is 7.91. The number of carbonyl (C=O) groups excluding carboxylic acids is 1. The number of benzene rings is 1. The van der Waals surface area contributed by atoms with E-state index >= 15 is 0 Å². The van der Waals surface area contributed by atoms with Gasteiger partial charge in [-0.3, -0.25) is 4.79 Å². The van der Waals surface area contributed by atoms with Crippen molar-refractivity contribution >= 4 is 27.2 Å². The standard InChI is InChI=1S/C18H17F3N4O3S/c19-18(20,21)13-11-15(25-6-5-12-3-1-2-4-14(12)25)22-23-16(13)17(26)24-7-9-29(27,28)10-8-24/h1-4,11H,5-10H2. The third-order valence-electron chi connectivity index (χ3n) is 5.08. The van der Waals surface area contributed by atoms with Crippen molar-refractivity contribution in [2.24, 2.45) is 0 Å². The zero-order chi connectivity index (χ0) is 20.8. The normalized spacial score (nSPS) is 18.6. The second-order valence-electron chi connectivity index (χ2n) is 6.94. The van der Waals surface area contributed by atoms with Gasteiger partial charge in [-0.25, -0.2) is 8.42 Å². The Morgan fingerprint density at radius 2 is 1.72 bits per heavy atom. The number of anilines is 2. The van der Waals surface area contributed by atoms with E-state index in [0.29, 0.717) is 13.0 Å². The summed E-state index contributed by atoms with van der Waals surface area (Å²) in [5.74, 6) is -1.51. The molecule has 0 radical (unpaired) electrons. The van der Waals surface area contributed by atoms with Crippen LogP contribution >= 0.6 is 0 Å². The maximum Gasteiger partial charge on any atom is 0.418 e. The monoisotopic (exact) mass is 426 g/mol. The van der Waals surface area contributed by atoms with E-state index in [0.717, 1.165) is 22.2 Å². The lowest BCUT2D eigenvalue weighted by Gasteiger charge is -2.27. The lowest BCUT2D eigenvalue weighted by Crippen LogP contribution is -2.44. The molecular weight excluding hydrogens is 409 g/mol. The second kappa shape index (κ2) is 6.97. The zero-order valence-corrected chi connectivity index (χ0v) is 16.0. The fourth-order valence-electron chi connectivity index (χ4n) is 3.53. The predicted molar refractivity (Wildman–Crippen MR) is 98.7 cm³/mol. The van der Waals surface area contributed by atoms with Gasteiger partial charge in [-0.2, -0.15) is 13.2 Å². The number of hydrogen-bond acceptors (Lipinski definition) is 6. The van der Waals surface area contributed by atoms with Gasteiger partial charge in [-0.15, -0.1) is 10.2 Å². The predicted octanol–water partition coefficient (Wildman–Crippen LogP) is 2.06. The molecule has 0 atom stereocenters. The van der Waals surface area contributed by atoms with E-state index in [4.69, 9.17) is 0 Å². The molecule has 0 N–H and O–H groups in total. The molecule has 1 saturated heterocycles. The zero-order valence-electron chi connectivity index (χ0n) is 15.2. The SMILES string of the molecule is O=C(c1nnc(N2CCc3ccccc32)cc1C(F)(F)F)N1CCS(=O)(=O)CC1. The first-order valence-electron chi connectivity index (χ1n) is 8.96. The van der Waals surface area contributed by atoms with Crippen LogP contribution in [0.4, 0.5) is 24.7 Å². The quantitative estimate of drug-likeness (QED) is 0.731. The molecule has 2 aliphatic rings. The van der Waals surface area contributed by atoms with Gasteiger partial charge in [0.15, 0.2) is 21.3 Å². The smallest absolute Gasteiger partial charge is 0.335 e. The summed E-state index contributed by atoms with van der Waals surface area (Å²) in [5.41, 5.74) is -0.230. The van der Waals surface area contributed by atoms with E-state index < -0.39 is 33.2 Å². The van der Waals surface area contributed by atoms with Crippen LogP contribution in [0.3, 0.4) is 0 Å². The van der Waals surface area contributed by atoms with E-state index in [-0.39, 0.29) is 30.4 Å². The number of nitrogens with zero attached hydrogens (tertiary/aromatic N) is 4. The fraction of sp³-hybridized carbons (Fsp3) is 0.389. The van der Waals surface area contributed by atoms with Crippen molar-refractivity contribution in [3.05, 3.63) is 47.2 Å². The molecule has 11 heteroatoms. The van der Waals surface area contributed by atoms with E-state index in [2.05, 4.69) is 10.2 Å². The van der Waals surface area contributed by atoms with E-state index in [1.165, 1.54) is 0 Å². The number of sulfone groups is 1. The molecule has 154 valence electrons. The molecule has 2 aromatic rings. The molecule has 0 bridgehead atoms. The van der Waals surface area contributed by atoms with Gasteiger partial charge in [0.25, 0.3) is 5.91 Å². The number of aromatic nitrogens is 2. The van der Waals surface area contributed by atoms with Crippen molar-refractivity contribution in [1.29, 1.82) is 0 Å². The van der Waals surface area contributed by atoms with Gasteiger partial charge in [0.05, 0.1) is 17.1 Å². The second-order valence-corrected chi connectivity index (χ2v) is 9.24. The van der Waals surface area contributed by atoms with Crippen LogP contribution in [0.1, 0.15) is 21.6 Å². The number of hydrogen-bond donors (Lipinski definition) is 0. The number of amides is 1. The van der Waals surface area contributed by atoms with Crippen LogP contribution in [-0.4, -0.2) is 60.6 Å². The fourth-order valence-corrected chi connectivity index (χ4v) is 4.73. The first-order valence-corrected chi connectivity index (χ1v) is 10.8. The number of halogens is 3. The van der Waals surface area contributed by atoms with Gasteiger partial charge >= 0.3 is 6.18 Å². The highest BCUT2D eigenvalue weighted by Crippen LogP contribution is 2.37. The van der Waals surface area contributed by atoms with Crippen molar-refractivity contribution in [2.75, 3.05) is 36.0 Å². The summed E-state index contributed by atoms with van der Waals surface area (Å²) in [6.07, 6.45) is -4.14. The number of para-hydroxylation sites is 1. The van der Waals surface area contributed by atoms with Crippen LogP contribution in [0, 0.1) is 0 Å². The lowest BCUT2D eigenvalue weighted by atomic mass is 10.1. The van der Waals surface area contributed by atoms with Crippen molar-refractivity contribution in [3.63, 3.8) is 0 Å². The highest BCUT2D eigenvalue weighted by Gasteiger charge is 2.40. The Kier molecular flexibility index (Phi) is 4.72. The van der Waals surface area contributed by atoms with Crippen molar-refractivity contribution in [2.45, 2.75) is 12.6 Å². The average molecular weight is 426 g/mol. The third kappa shape index (κ3) is 3.78. The molecule has 4 rings (SSSR count). The Labute approximate surface area is 165 Å². The van der Waals surface area contributed by atoms with Crippen LogP contribution in [0.5, 0.6) is 0 Å². The van der Waals surface area contributed by atoms with Crippen LogP contribution in [-0.2, 0) is 22.4 Å². The Hall–Kier alpha value is -2.69. The largest absolute Gasteiger partial charge is 0.418 e. The van der Waals surface area contributed by atoms with Crippen molar-refractivity contribution in [1.82, 2.24) is 15.1 Å². The minimum Gasteiger partial charge on any atom is -0.335 e. The van der Waals surface area contributed by atoms with Gasteiger partial charge in [-0.1, -0.05) is 18.2 Å². The van der Waals surface area contributed by atoms with E-state index in [1.54, 1.807) is 17.0 Å². The summed E-state index contributed by atoms with van der Waals surface area (Å²) < 4.78 is 64.2. The van der Waals surface area contributed by atoms with Crippen LogP contribution in [0.15, 0.2) is 30.3 Å². The van der Waals surface area contributed by atoms with E-state index in [1.807, 2.05) is 12.1 Å². The summed E-state index contributed by atoms with van der Waals surface area (Å²) >= 11 is 0. The molecule has 7 nitrogen and oxygen atoms in total. The van der Waals surface area contributed by atoms with Gasteiger partial charge in [0.1, 0.15) is 0 Å². The lowest BCUT2D eigenvalue weighted by molar-refractivity contribution is -0.138. The first-order chi connectivity index (χ1) is 13.7. The Balaban J connectivity index is 1.68. The van der Waals surface area contributed by atoms with E-state index in [9.17, 15) is 26.4 Å². The minimum atomic E-state index is -4.81. The summed E-state index contributed by atoms with van der Waals surface area (Å²) in [6.45, 7) is 0.130. The Bertz CT molecular complexity index is 1060. The number of carbonyl (C=O) groups is 1. The highest BCUT2D eigenvalue weighted by atomic mass is 32.2. The van der Waals surface area contributed by atoms with Gasteiger partial charge in [-0.05, 0) is 24.1 Å². The van der Waals surface area contributed by atoms with Crippen LogP contribution < -0.4 is 4.90 Å². The molecule has 3 heterocycles. The summed E-state index contributed by atoms with van der Waals surface area (Å²) in [5, 5.41) is 7.51. The van der Waals surface area contributed by atoms with Gasteiger partial charge < -0.3 is 9.80 Å². The molecule has 1 amide bonds. The molecule has 1 aromatic heterocycles. The molecule has 0 saturated carbocycles. The number of rotatable bonds is 2. The maximum atomic E-state index is 13.7. The molecule has 1 fully saturated rings. The molecule has 0 spiro atoms. The first kappa shape index (κ1) is 19.6. The summed E-state index contributed by atoms with van der Waals surface area (Å²) in [7, 11) is -3.27. The minimum absolute atomic E-state index is 0.0139. The van der Waals surface area contributed by atoms with Gasteiger partial charge in [0, 0.05) is 25.3 Å². The van der Waals surface area contributed by atoms with Crippen molar-refractivity contribution < 1.29 is 26.4 Å². The molecule has 2 aliphatic heterocycles. The van der Waals surface area contributed by atoms with Crippen molar-refractivity contribution in [3.8, 4) is 0 Å². The number of fused-ring (bicyclic) bond motifs is 1. The molecule has 0 aliphatic carbocycles. The van der Waals surface area contributed by atoms with Gasteiger partial charge in [0.2, 0.25) is 0 Å². The summed E-state index contributed by atoms with van der Waals surface area (Å²) in [4.78, 5) is 15.3. The molecule has 29 heavy (non-hydrogen) atoms. The Morgan fingerprint density at radius 3 is 2.41 bits per heavy atom. The molecule has 0 unspecified atom stereocenters. The number of alkyl halides is 3. The maximum absolute atomic E-state index is 13.7.